The molecule has 11 heteroatoms. The number of carbonyl (C=O) groups excluding carboxylic acids is 2. The van der Waals surface area contributed by atoms with Crippen molar-refractivity contribution in [1.82, 2.24) is 9.55 Å². The molecule has 4 aromatic rings. The second kappa shape index (κ2) is 10.8. The lowest BCUT2D eigenvalue weighted by atomic mass is 9.87. The molecule has 1 atom stereocenters. The maximum absolute atomic E-state index is 14.6. The van der Waals surface area contributed by atoms with E-state index in [1.807, 2.05) is 13.8 Å². The molecule has 3 heterocycles. The first kappa shape index (κ1) is 27.5. The van der Waals surface area contributed by atoms with Crippen LogP contribution in [-0.2, 0) is 4.79 Å². The fraction of sp³-hybridized carbons (Fsp3) is 0.207. The number of ether oxygens (including phenoxy) is 2. The zero-order valence-corrected chi connectivity index (χ0v) is 23.5. The van der Waals surface area contributed by atoms with Crippen molar-refractivity contribution in [1.29, 1.82) is 0 Å². The van der Waals surface area contributed by atoms with Gasteiger partial charge < -0.3 is 24.7 Å². The zero-order valence-electron chi connectivity index (χ0n) is 22.0. The minimum atomic E-state index is -0.840. The minimum Gasteiger partial charge on any atom is -0.494 e. The number of carbonyl (C=O) groups is 2. The van der Waals surface area contributed by atoms with Crippen molar-refractivity contribution in [2.24, 2.45) is 0 Å². The molecule has 8 nitrogen and oxygen atoms in total. The number of anilines is 2. The number of halogens is 3. The van der Waals surface area contributed by atoms with Gasteiger partial charge in [-0.2, -0.15) is 0 Å². The average molecular weight is 583 g/mol. The van der Waals surface area contributed by atoms with E-state index in [0.29, 0.717) is 44.8 Å². The number of pyridine rings is 1. The van der Waals surface area contributed by atoms with Gasteiger partial charge in [0.05, 0.1) is 37.6 Å². The van der Waals surface area contributed by atoms with E-state index in [0.717, 1.165) is 0 Å². The van der Waals surface area contributed by atoms with Crippen LogP contribution in [0.15, 0.2) is 54.9 Å². The monoisotopic (exact) mass is 582 g/mol. The summed E-state index contributed by atoms with van der Waals surface area (Å²) in [5.74, 6) is -1.82. The predicted molar refractivity (Wildman–Crippen MR) is 152 cm³/mol. The Balaban J connectivity index is 1.76. The Hall–Kier alpha value is -4.08. The first-order valence-corrected chi connectivity index (χ1v) is 13.1. The third-order valence-electron chi connectivity index (χ3n) is 6.70. The maximum Gasteiger partial charge on any atom is 0.257 e. The van der Waals surface area contributed by atoms with E-state index in [1.54, 1.807) is 41.2 Å². The molecule has 1 unspecified atom stereocenters. The van der Waals surface area contributed by atoms with E-state index in [9.17, 15) is 14.0 Å². The third kappa shape index (κ3) is 4.87. The molecule has 0 saturated carbocycles. The number of benzene rings is 2. The Labute approximate surface area is 240 Å². The Bertz CT molecular complexity index is 1650. The molecular formula is C29H25Cl2FN4O4. The van der Waals surface area contributed by atoms with Crippen LogP contribution in [0.1, 0.15) is 52.9 Å². The van der Waals surface area contributed by atoms with Crippen LogP contribution in [0, 0.1) is 5.82 Å². The van der Waals surface area contributed by atoms with Crippen molar-refractivity contribution in [2.45, 2.75) is 25.7 Å². The van der Waals surface area contributed by atoms with Crippen LogP contribution in [0.3, 0.4) is 0 Å². The number of nitrogens with zero attached hydrogens (tertiary/aromatic N) is 2. The first-order valence-electron chi connectivity index (χ1n) is 12.3. The summed E-state index contributed by atoms with van der Waals surface area (Å²) in [6.45, 7) is 3.90. The smallest absolute Gasteiger partial charge is 0.257 e. The van der Waals surface area contributed by atoms with E-state index >= 15 is 0 Å². The molecule has 0 spiro atoms. The summed E-state index contributed by atoms with van der Waals surface area (Å²) in [6, 6.07) is 10.6. The van der Waals surface area contributed by atoms with E-state index in [2.05, 4.69) is 15.6 Å². The highest BCUT2D eigenvalue weighted by Crippen LogP contribution is 2.45. The van der Waals surface area contributed by atoms with Crippen molar-refractivity contribution in [2.75, 3.05) is 24.9 Å². The summed E-state index contributed by atoms with van der Waals surface area (Å²) in [4.78, 5) is 31.7. The standard InChI is InChI=1S/C29H25Cl2FN4O4/c1-14(2)27-25(26-17-7-5-15(30)9-20(17)34-29(26)38)18(28(37)35-21-10-16(31)6-8-19(21)32)13-36(27)22-12-33-24(40-4)11-23(22)39-3/h5-14,26H,1-4H3,(H,34,38)(H,35,37). The van der Waals surface area contributed by atoms with E-state index < -0.39 is 17.6 Å². The van der Waals surface area contributed by atoms with Gasteiger partial charge in [0, 0.05) is 39.3 Å². The number of nitrogens with one attached hydrogen (secondary N) is 2. The summed E-state index contributed by atoms with van der Waals surface area (Å²) in [6.07, 6.45) is 3.17. The van der Waals surface area contributed by atoms with Gasteiger partial charge in [-0.15, -0.1) is 0 Å². The van der Waals surface area contributed by atoms with E-state index in [4.69, 9.17) is 32.7 Å². The fourth-order valence-corrected chi connectivity index (χ4v) is 5.32. The van der Waals surface area contributed by atoms with Crippen molar-refractivity contribution in [3.8, 4) is 17.3 Å². The van der Waals surface area contributed by atoms with Crippen LogP contribution in [0.4, 0.5) is 15.8 Å². The molecular weight excluding hydrogens is 558 g/mol. The van der Waals surface area contributed by atoms with Gasteiger partial charge in [0.1, 0.15) is 17.3 Å². The van der Waals surface area contributed by atoms with Crippen LogP contribution in [-0.4, -0.2) is 35.6 Å². The Kier molecular flexibility index (Phi) is 7.44. The number of aromatic nitrogens is 2. The lowest BCUT2D eigenvalue weighted by Crippen LogP contribution is -2.20. The topological polar surface area (TPSA) is 94.5 Å². The highest BCUT2D eigenvalue weighted by molar-refractivity contribution is 6.31. The average Bonchev–Trinajstić information content (AvgIpc) is 3.46. The van der Waals surface area contributed by atoms with Crippen molar-refractivity contribution < 1.29 is 23.5 Å². The molecule has 0 saturated heterocycles. The number of fused-ring (bicyclic) bond motifs is 1. The van der Waals surface area contributed by atoms with Crippen LogP contribution < -0.4 is 20.1 Å². The predicted octanol–water partition coefficient (Wildman–Crippen LogP) is 6.80. The summed E-state index contributed by atoms with van der Waals surface area (Å²) >= 11 is 12.3. The molecule has 40 heavy (non-hydrogen) atoms. The van der Waals surface area contributed by atoms with Crippen LogP contribution in [0.2, 0.25) is 10.0 Å². The van der Waals surface area contributed by atoms with Gasteiger partial charge in [-0.05, 0) is 41.8 Å². The summed E-state index contributed by atoms with van der Waals surface area (Å²) in [7, 11) is 3.01. The largest absolute Gasteiger partial charge is 0.494 e. The number of rotatable bonds is 7. The van der Waals surface area contributed by atoms with Crippen molar-refractivity contribution >= 4 is 46.4 Å². The molecule has 0 aliphatic carbocycles. The molecule has 5 rings (SSSR count). The van der Waals surface area contributed by atoms with Gasteiger partial charge in [0.25, 0.3) is 5.91 Å². The molecule has 0 fully saturated rings. The number of amides is 2. The Morgan fingerprint density at radius 2 is 1.82 bits per heavy atom. The van der Waals surface area contributed by atoms with Gasteiger partial charge >= 0.3 is 0 Å². The Morgan fingerprint density at radius 1 is 1.10 bits per heavy atom. The minimum absolute atomic E-state index is 0.0888. The fourth-order valence-electron chi connectivity index (χ4n) is 4.98. The molecule has 1 aliphatic rings. The van der Waals surface area contributed by atoms with Gasteiger partial charge in [-0.3, -0.25) is 9.59 Å². The zero-order chi connectivity index (χ0) is 28.7. The molecule has 206 valence electrons. The van der Waals surface area contributed by atoms with Crippen molar-refractivity contribution in [3.05, 3.63) is 93.1 Å². The summed E-state index contributed by atoms with van der Waals surface area (Å²) < 4.78 is 27.3. The normalized spacial score (nSPS) is 14.2. The van der Waals surface area contributed by atoms with Gasteiger partial charge in [-0.25, -0.2) is 9.37 Å². The second-order valence-corrected chi connectivity index (χ2v) is 10.4. The van der Waals surface area contributed by atoms with Crippen LogP contribution >= 0.6 is 23.2 Å². The van der Waals surface area contributed by atoms with Gasteiger partial charge in [-0.1, -0.05) is 43.1 Å². The first-order chi connectivity index (χ1) is 19.1. The third-order valence-corrected chi connectivity index (χ3v) is 7.17. The molecule has 1 aliphatic heterocycles. The molecule has 2 aromatic heterocycles. The number of methoxy groups -OCH3 is 2. The second-order valence-electron chi connectivity index (χ2n) is 9.50. The van der Waals surface area contributed by atoms with Gasteiger partial charge in [0.2, 0.25) is 11.8 Å². The molecule has 0 radical (unpaired) electrons. The van der Waals surface area contributed by atoms with Crippen LogP contribution in [0.25, 0.3) is 5.69 Å². The van der Waals surface area contributed by atoms with Gasteiger partial charge in [0.15, 0.2) is 0 Å². The summed E-state index contributed by atoms with van der Waals surface area (Å²) in [5, 5.41) is 6.22. The summed E-state index contributed by atoms with van der Waals surface area (Å²) in [5.41, 5.74) is 2.96. The molecule has 2 amide bonds. The SMILES string of the molecule is COc1cc(OC)c(-n2cc(C(=O)Nc3cc(Cl)ccc3F)c(C3C(=O)Nc4cc(Cl)ccc43)c2C(C)C)cn1. The highest BCUT2D eigenvalue weighted by atomic mass is 35.5. The van der Waals surface area contributed by atoms with E-state index in [1.165, 1.54) is 32.4 Å². The quantitative estimate of drug-likeness (QED) is 0.250. The van der Waals surface area contributed by atoms with Crippen LogP contribution in [0.5, 0.6) is 11.6 Å². The molecule has 0 bridgehead atoms. The Morgan fingerprint density at radius 3 is 2.52 bits per heavy atom. The van der Waals surface area contributed by atoms with Crippen molar-refractivity contribution in [3.63, 3.8) is 0 Å². The van der Waals surface area contributed by atoms with E-state index in [-0.39, 0.29) is 28.1 Å². The number of hydrogen-bond donors (Lipinski definition) is 2. The highest BCUT2D eigenvalue weighted by Gasteiger charge is 2.39. The lowest BCUT2D eigenvalue weighted by Gasteiger charge is -2.19. The maximum atomic E-state index is 14.6. The molecule has 2 N–H and O–H groups in total. The number of hydrogen-bond acceptors (Lipinski definition) is 5. The lowest BCUT2D eigenvalue weighted by molar-refractivity contribution is -0.116. The molecule has 2 aromatic carbocycles.